The van der Waals surface area contributed by atoms with Gasteiger partial charge in [-0.2, -0.15) is 8.42 Å². The molecule has 5 nitrogen and oxygen atoms in total. The van der Waals surface area contributed by atoms with Crippen LogP contribution in [0.3, 0.4) is 0 Å². The molecule has 1 N–H and O–H groups in total. The SMILES string of the molecule is Cn1cnc(S(=O)(=O)Nc2ccc(Cl)cc2I)c1. The van der Waals surface area contributed by atoms with Gasteiger partial charge in [0.2, 0.25) is 0 Å². The van der Waals surface area contributed by atoms with Crippen LogP contribution in [0.25, 0.3) is 0 Å². The molecule has 0 amide bonds. The van der Waals surface area contributed by atoms with E-state index in [1.807, 2.05) is 22.6 Å². The molecule has 18 heavy (non-hydrogen) atoms. The number of sulfonamides is 1. The van der Waals surface area contributed by atoms with Gasteiger partial charge in [0, 0.05) is 21.8 Å². The Morgan fingerprint density at radius 1 is 1.44 bits per heavy atom. The van der Waals surface area contributed by atoms with Crippen molar-refractivity contribution in [2.24, 2.45) is 7.05 Å². The summed E-state index contributed by atoms with van der Waals surface area (Å²) < 4.78 is 28.8. The van der Waals surface area contributed by atoms with Gasteiger partial charge in [-0.1, -0.05) is 11.6 Å². The zero-order chi connectivity index (χ0) is 13.3. The van der Waals surface area contributed by atoms with Gasteiger partial charge in [0.05, 0.1) is 12.0 Å². The second-order valence-electron chi connectivity index (χ2n) is 3.61. The number of hydrogen-bond donors (Lipinski definition) is 1. The molecule has 0 fully saturated rings. The third kappa shape index (κ3) is 2.96. The molecule has 1 heterocycles. The van der Waals surface area contributed by atoms with Crippen LogP contribution in [0.15, 0.2) is 35.7 Å². The van der Waals surface area contributed by atoms with Crippen molar-refractivity contribution in [1.29, 1.82) is 0 Å². The van der Waals surface area contributed by atoms with E-state index in [0.717, 1.165) is 3.57 Å². The molecule has 0 aliphatic heterocycles. The molecule has 8 heteroatoms. The fraction of sp³-hybridized carbons (Fsp3) is 0.100. The highest BCUT2D eigenvalue weighted by molar-refractivity contribution is 14.1. The molecule has 0 aliphatic carbocycles. The number of rotatable bonds is 3. The Bertz CT molecular complexity index is 684. The number of aryl methyl sites for hydroxylation is 1. The van der Waals surface area contributed by atoms with E-state index in [4.69, 9.17) is 11.6 Å². The van der Waals surface area contributed by atoms with Crippen LogP contribution in [0.2, 0.25) is 5.02 Å². The van der Waals surface area contributed by atoms with E-state index in [2.05, 4.69) is 9.71 Å². The van der Waals surface area contributed by atoms with Crippen LogP contribution in [0.4, 0.5) is 5.69 Å². The van der Waals surface area contributed by atoms with Gasteiger partial charge < -0.3 is 4.57 Å². The molecule has 0 atom stereocenters. The first-order valence-corrected chi connectivity index (χ1v) is 7.78. The maximum absolute atomic E-state index is 12.0. The number of aromatic nitrogens is 2. The highest BCUT2D eigenvalue weighted by Gasteiger charge is 2.18. The largest absolute Gasteiger partial charge is 0.339 e. The molecule has 2 rings (SSSR count). The van der Waals surface area contributed by atoms with E-state index in [0.29, 0.717) is 10.7 Å². The summed E-state index contributed by atoms with van der Waals surface area (Å²) >= 11 is 7.82. The van der Waals surface area contributed by atoms with Gasteiger partial charge in [0.25, 0.3) is 10.0 Å². The highest BCUT2D eigenvalue weighted by Crippen LogP contribution is 2.24. The summed E-state index contributed by atoms with van der Waals surface area (Å²) in [7, 11) is -1.95. The Balaban J connectivity index is 2.33. The third-order valence-electron chi connectivity index (χ3n) is 2.13. The van der Waals surface area contributed by atoms with Crippen molar-refractivity contribution in [2.45, 2.75) is 5.03 Å². The van der Waals surface area contributed by atoms with E-state index in [1.54, 1.807) is 29.8 Å². The third-order valence-corrected chi connectivity index (χ3v) is 4.51. The Hall–Kier alpha value is -0.800. The molecule has 0 saturated carbocycles. The van der Waals surface area contributed by atoms with Crippen molar-refractivity contribution < 1.29 is 8.42 Å². The summed E-state index contributed by atoms with van der Waals surface area (Å²) in [4.78, 5) is 3.81. The smallest absolute Gasteiger partial charge is 0.280 e. The maximum Gasteiger partial charge on any atom is 0.280 e. The van der Waals surface area contributed by atoms with Crippen molar-refractivity contribution in [3.63, 3.8) is 0 Å². The first-order chi connectivity index (χ1) is 8.38. The van der Waals surface area contributed by atoms with Gasteiger partial charge in [-0.25, -0.2) is 4.98 Å². The Morgan fingerprint density at radius 3 is 2.72 bits per heavy atom. The lowest BCUT2D eigenvalue weighted by atomic mass is 10.3. The van der Waals surface area contributed by atoms with Crippen LogP contribution in [-0.2, 0) is 17.1 Å². The first-order valence-electron chi connectivity index (χ1n) is 4.84. The number of hydrogen-bond acceptors (Lipinski definition) is 3. The second-order valence-corrected chi connectivity index (χ2v) is 6.83. The minimum absolute atomic E-state index is 0.0178. The zero-order valence-electron chi connectivity index (χ0n) is 9.26. The zero-order valence-corrected chi connectivity index (χ0v) is 13.0. The molecular formula is C10H9ClIN3O2S. The number of halogens is 2. The monoisotopic (exact) mass is 397 g/mol. The Kier molecular flexibility index (Phi) is 3.83. The highest BCUT2D eigenvalue weighted by atomic mass is 127. The second kappa shape index (κ2) is 5.06. The number of imidazole rings is 1. The van der Waals surface area contributed by atoms with Crippen LogP contribution in [0.1, 0.15) is 0 Å². The van der Waals surface area contributed by atoms with Crippen LogP contribution in [0, 0.1) is 3.57 Å². The average molecular weight is 398 g/mol. The lowest BCUT2D eigenvalue weighted by Gasteiger charge is -2.07. The normalized spacial score (nSPS) is 11.5. The summed E-state index contributed by atoms with van der Waals surface area (Å²) in [6, 6.07) is 4.92. The van der Waals surface area contributed by atoms with Crippen molar-refractivity contribution in [1.82, 2.24) is 9.55 Å². The summed E-state index contributed by atoms with van der Waals surface area (Å²) in [5, 5.41) is 0.538. The van der Waals surface area contributed by atoms with Gasteiger partial charge in [-0.05, 0) is 40.8 Å². The van der Waals surface area contributed by atoms with Crippen molar-refractivity contribution in [3.05, 3.63) is 39.3 Å². The molecule has 0 saturated heterocycles. The minimum atomic E-state index is -3.66. The predicted octanol–water partition coefficient (Wildman–Crippen LogP) is 2.48. The van der Waals surface area contributed by atoms with Crippen molar-refractivity contribution in [2.75, 3.05) is 4.72 Å². The Labute approximate surface area is 123 Å². The molecule has 2 aromatic rings. The number of benzene rings is 1. The summed E-state index contributed by atoms with van der Waals surface area (Å²) in [5.74, 6) is 0. The molecule has 96 valence electrons. The maximum atomic E-state index is 12.0. The fourth-order valence-electron chi connectivity index (χ4n) is 1.30. The van der Waals surface area contributed by atoms with Gasteiger partial charge in [0.15, 0.2) is 5.03 Å². The van der Waals surface area contributed by atoms with Crippen LogP contribution >= 0.6 is 34.2 Å². The first kappa shape index (κ1) is 13.6. The standard InChI is InChI=1S/C10H9ClIN3O2S/c1-15-5-10(13-6-15)18(16,17)14-9-3-2-7(11)4-8(9)12/h2-6,14H,1H3. The molecule has 0 aliphatic rings. The van der Waals surface area contributed by atoms with E-state index >= 15 is 0 Å². The average Bonchev–Trinajstić information content (AvgIpc) is 2.70. The molecule has 0 bridgehead atoms. The molecule has 0 unspecified atom stereocenters. The fourth-order valence-corrected chi connectivity index (χ4v) is 3.55. The lowest BCUT2D eigenvalue weighted by Crippen LogP contribution is -2.14. The summed E-state index contributed by atoms with van der Waals surface area (Å²) in [6.45, 7) is 0. The topological polar surface area (TPSA) is 64.0 Å². The molecular weight excluding hydrogens is 389 g/mol. The number of nitrogens with zero attached hydrogens (tertiary/aromatic N) is 2. The predicted molar refractivity (Wildman–Crippen MR) is 78.2 cm³/mol. The van der Waals surface area contributed by atoms with Gasteiger partial charge >= 0.3 is 0 Å². The van der Waals surface area contributed by atoms with E-state index in [1.165, 1.54) is 12.5 Å². The number of anilines is 1. The van der Waals surface area contributed by atoms with E-state index < -0.39 is 10.0 Å². The van der Waals surface area contributed by atoms with Gasteiger partial charge in [-0.3, -0.25) is 4.72 Å². The van der Waals surface area contributed by atoms with Crippen LogP contribution in [0.5, 0.6) is 0 Å². The van der Waals surface area contributed by atoms with E-state index in [9.17, 15) is 8.42 Å². The molecule has 0 spiro atoms. The van der Waals surface area contributed by atoms with Crippen molar-refractivity contribution in [3.8, 4) is 0 Å². The molecule has 0 radical (unpaired) electrons. The van der Waals surface area contributed by atoms with E-state index in [-0.39, 0.29) is 5.03 Å². The van der Waals surface area contributed by atoms with Crippen LogP contribution < -0.4 is 4.72 Å². The number of nitrogens with one attached hydrogen (secondary N) is 1. The van der Waals surface area contributed by atoms with Gasteiger partial charge in [0.1, 0.15) is 0 Å². The van der Waals surface area contributed by atoms with Crippen LogP contribution in [-0.4, -0.2) is 18.0 Å². The molecule has 1 aromatic carbocycles. The quantitative estimate of drug-likeness (QED) is 0.809. The lowest BCUT2D eigenvalue weighted by molar-refractivity contribution is 0.598. The van der Waals surface area contributed by atoms with Gasteiger partial charge in [-0.15, -0.1) is 0 Å². The van der Waals surface area contributed by atoms with Crippen molar-refractivity contribution >= 4 is 49.9 Å². The molecule has 1 aromatic heterocycles. The summed E-state index contributed by atoms with van der Waals surface area (Å²) in [6.07, 6.45) is 2.87. The Morgan fingerprint density at radius 2 is 2.17 bits per heavy atom. The summed E-state index contributed by atoms with van der Waals surface area (Å²) in [5.41, 5.74) is 0.477. The minimum Gasteiger partial charge on any atom is -0.339 e.